The molecule has 0 radical (unpaired) electrons. The van der Waals surface area contributed by atoms with Crippen molar-refractivity contribution in [1.82, 2.24) is 5.32 Å². The Kier molecular flexibility index (Phi) is 4.86. The zero-order valence-corrected chi connectivity index (χ0v) is 10.1. The van der Waals surface area contributed by atoms with E-state index in [4.69, 9.17) is 4.74 Å². The van der Waals surface area contributed by atoms with E-state index in [0.29, 0.717) is 11.4 Å². The van der Waals surface area contributed by atoms with Crippen LogP contribution < -0.4 is 15.4 Å². The molecule has 1 aromatic rings. The molecule has 0 saturated heterocycles. The number of carbonyl (C=O) groups excluding carboxylic acids is 3. The van der Waals surface area contributed by atoms with Crippen LogP contribution in [0.4, 0.5) is 5.69 Å². The molecular weight excluding hydrogens is 236 g/mol. The molecule has 96 valence electrons. The van der Waals surface area contributed by atoms with Gasteiger partial charge in [-0.05, 0) is 12.1 Å². The van der Waals surface area contributed by atoms with Crippen LogP contribution in [0, 0.1) is 0 Å². The molecule has 6 heteroatoms. The summed E-state index contributed by atoms with van der Waals surface area (Å²) in [4.78, 5) is 32.6. The highest BCUT2D eigenvalue weighted by Crippen LogP contribution is 2.17. The molecule has 0 unspecified atom stereocenters. The molecule has 0 atom stereocenters. The molecule has 1 rings (SSSR count). The Hall–Kier alpha value is -2.37. The number of hydrogen-bond acceptors (Lipinski definition) is 5. The largest absolute Gasteiger partial charge is 0.427 e. The smallest absolute Gasteiger partial charge is 0.308 e. The van der Waals surface area contributed by atoms with Crippen LogP contribution in [0.1, 0.15) is 13.8 Å². The molecule has 1 aromatic carbocycles. The van der Waals surface area contributed by atoms with Crippen molar-refractivity contribution in [3.05, 3.63) is 24.3 Å². The first kappa shape index (κ1) is 13.7. The average Bonchev–Trinajstić information content (AvgIpc) is 2.25. The van der Waals surface area contributed by atoms with Gasteiger partial charge in [-0.25, -0.2) is 0 Å². The molecule has 0 aromatic heterocycles. The predicted molar refractivity (Wildman–Crippen MR) is 65.1 cm³/mol. The van der Waals surface area contributed by atoms with E-state index >= 15 is 0 Å². The Bertz CT molecular complexity index is 471. The predicted octanol–water partition coefficient (Wildman–Crippen LogP) is 0.686. The molecular formula is C12H14N2O4. The molecule has 0 spiro atoms. The topological polar surface area (TPSA) is 84.5 Å². The first-order chi connectivity index (χ1) is 8.47. The summed E-state index contributed by atoms with van der Waals surface area (Å²) in [7, 11) is 0. The summed E-state index contributed by atoms with van der Waals surface area (Å²) in [6.45, 7) is 2.53. The van der Waals surface area contributed by atoms with Gasteiger partial charge in [0.25, 0.3) is 0 Å². The number of nitrogens with one attached hydrogen (secondary N) is 2. The molecule has 0 saturated carbocycles. The van der Waals surface area contributed by atoms with Gasteiger partial charge in [0, 0.05) is 25.6 Å². The fraction of sp³-hybridized carbons (Fsp3) is 0.250. The highest BCUT2D eigenvalue weighted by atomic mass is 16.5. The fourth-order valence-corrected chi connectivity index (χ4v) is 1.26. The number of rotatable bonds is 4. The summed E-state index contributed by atoms with van der Waals surface area (Å²) in [5.74, 6) is -0.864. The van der Waals surface area contributed by atoms with E-state index in [-0.39, 0.29) is 6.54 Å². The molecule has 0 fully saturated rings. The molecule has 2 N–H and O–H groups in total. The number of anilines is 1. The van der Waals surface area contributed by atoms with Crippen molar-refractivity contribution in [2.45, 2.75) is 13.8 Å². The van der Waals surface area contributed by atoms with Crippen LogP contribution in [0.5, 0.6) is 5.75 Å². The standard InChI is InChI=1S/C12H14N2O4/c1-8(15)14-12(17)7-13-10-4-3-5-11(6-10)18-9(2)16/h3-6,13H,7H2,1-2H3,(H,14,15,17). The van der Waals surface area contributed by atoms with E-state index in [0.717, 1.165) is 0 Å². The molecule has 2 amide bonds. The zero-order valence-electron chi connectivity index (χ0n) is 10.1. The Labute approximate surface area is 104 Å². The summed E-state index contributed by atoms with van der Waals surface area (Å²) in [6, 6.07) is 6.61. The Balaban J connectivity index is 2.54. The van der Waals surface area contributed by atoms with Crippen LogP contribution >= 0.6 is 0 Å². The van der Waals surface area contributed by atoms with Crippen molar-refractivity contribution >= 4 is 23.5 Å². The van der Waals surface area contributed by atoms with Crippen molar-refractivity contribution in [1.29, 1.82) is 0 Å². The normalized spacial score (nSPS) is 9.44. The van der Waals surface area contributed by atoms with Crippen LogP contribution in [-0.2, 0) is 14.4 Å². The summed E-state index contributed by atoms with van der Waals surface area (Å²) in [6.07, 6.45) is 0. The molecule has 6 nitrogen and oxygen atoms in total. The number of ether oxygens (including phenoxy) is 1. The van der Waals surface area contributed by atoms with Gasteiger partial charge >= 0.3 is 5.97 Å². The lowest BCUT2D eigenvalue weighted by molar-refractivity contribution is -0.132. The monoisotopic (exact) mass is 250 g/mol. The average molecular weight is 250 g/mol. The maximum Gasteiger partial charge on any atom is 0.308 e. The maximum absolute atomic E-state index is 11.2. The van der Waals surface area contributed by atoms with Gasteiger partial charge < -0.3 is 10.1 Å². The highest BCUT2D eigenvalue weighted by Gasteiger charge is 2.04. The molecule has 0 aliphatic carbocycles. The van der Waals surface area contributed by atoms with Crippen molar-refractivity contribution < 1.29 is 19.1 Å². The quantitative estimate of drug-likeness (QED) is 0.606. The first-order valence-corrected chi connectivity index (χ1v) is 5.30. The second-order valence-electron chi connectivity index (χ2n) is 3.58. The van der Waals surface area contributed by atoms with E-state index in [9.17, 15) is 14.4 Å². The van der Waals surface area contributed by atoms with E-state index in [1.54, 1.807) is 24.3 Å². The Morgan fingerprint density at radius 3 is 2.56 bits per heavy atom. The maximum atomic E-state index is 11.2. The number of imide groups is 1. The number of amides is 2. The molecule has 0 aliphatic heterocycles. The third-order valence-corrected chi connectivity index (χ3v) is 1.86. The van der Waals surface area contributed by atoms with Gasteiger partial charge in [-0.1, -0.05) is 6.07 Å². The Morgan fingerprint density at radius 2 is 1.94 bits per heavy atom. The molecule has 0 aliphatic rings. The van der Waals surface area contributed by atoms with Gasteiger partial charge in [-0.15, -0.1) is 0 Å². The van der Waals surface area contributed by atoms with E-state index in [1.165, 1.54) is 13.8 Å². The van der Waals surface area contributed by atoms with Gasteiger partial charge in [0.2, 0.25) is 11.8 Å². The van der Waals surface area contributed by atoms with Crippen LogP contribution in [0.2, 0.25) is 0 Å². The molecule has 0 bridgehead atoms. The minimum Gasteiger partial charge on any atom is -0.427 e. The van der Waals surface area contributed by atoms with E-state index in [2.05, 4.69) is 10.6 Å². The van der Waals surface area contributed by atoms with Crippen LogP contribution in [0.25, 0.3) is 0 Å². The van der Waals surface area contributed by atoms with E-state index < -0.39 is 17.8 Å². The molecule has 18 heavy (non-hydrogen) atoms. The highest BCUT2D eigenvalue weighted by molar-refractivity contribution is 5.95. The summed E-state index contributed by atoms with van der Waals surface area (Å²) >= 11 is 0. The fourth-order valence-electron chi connectivity index (χ4n) is 1.26. The lowest BCUT2D eigenvalue weighted by Crippen LogP contribution is -2.33. The van der Waals surface area contributed by atoms with Gasteiger partial charge in [-0.3, -0.25) is 19.7 Å². The SMILES string of the molecule is CC(=O)NC(=O)CNc1cccc(OC(C)=O)c1. The summed E-state index contributed by atoms with van der Waals surface area (Å²) < 4.78 is 4.89. The third kappa shape index (κ3) is 5.11. The third-order valence-electron chi connectivity index (χ3n) is 1.86. The number of esters is 1. The second-order valence-corrected chi connectivity index (χ2v) is 3.58. The van der Waals surface area contributed by atoms with Crippen molar-refractivity contribution in [3.8, 4) is 5.75 Å². The lowest BCUT2D eigenvalue weighted by atomic mass is 10.3. The minimum atomic E-state index is -0.430. The van der Waals surface area contributed by atoms with Gasteiger partial charge in [-0.2, -0.15) is 0 Å². The van der Waals surface area contributed by atoms with Crippen LogP contribution in [0.15, 0.2) is 24.3 Å². The van der Waals surface area contributed by atoms with Gasteiger partial charge in [0.05, 0.1) is 6.54 Å². The van der Waals surface area contributed by atoms with Crippen LogP contribution in [0.3, 0.4) is 0 Å². The van der Waals surface area contributed by atoms with Gasteiger partial charge in [0.15, 0.2) is 0 Å². The second kappa shape index (κ2) is 6.39. The van der Waals surface area contributed by atoms with Gasteiger partial charge in [0.1, 0.15) is 5.75 Å². The number of hydrogen-bond donors (Lipinski definition) is 2. The van der Waals surface area contributed by atoms with E-state index in [1.807, 2.05) is 0 Å². The number of benzene rings is 1. The van der Waals surface area contributed by atoms with Crippen molar-refractivity contribution in [2.75, 3.05) is 11.9 Å². The van der Waals surface area contributed by atoms with Crippen LogP contribution in [-0.4, -0.2) is 24.3 Å². The molecule has 0 heterocycles. The summed E-state index contributed by atoms with van der Waals surface area (Å²) in [5, 5.41) is 4.94. The van der Waals surface area contributed by atoms with Crippen molar-refractivity contribution in [2.24, 2.45) is 0 Å². The minimum absolute atomic E-state index is 0.0386. The summed E-state index contributed by atoms with van der Waals surface area (Å²) in [5.41, 5.74) is 0.618. The number of carbonyl (C=O) groups is 3. The first-order valence-electron chi connectivity index (χ1n) is 5.30. The lowest BCUT2D eigenvalue weighted by Gasteiger charge is -2.07. The zero-order chi connectivity index (χ0) is 13.5. The van der Waals surface area contributed by atoms with Crippen molar-refractivity contribution in [3.63, 3.8) is 0 Å². The Morgan fingerprint density at radius 1 is 1.22 bits per heavy atom.